The number of benzene rings is 3. The number of nitrogens with zero attached hydrogens (tertiary/aromatic N) is 6. The number of urea groups is 1. The molecule has 1 saturated heterocycles. The fourth-order valence-electron chi connectivity index (χ4n) is 6.76. The minimum absolute atomic E-state index is 0.100. The largest absolute Gasteiger partial charge is 0.497 e. The van der Waals surface area contributed by atoms with Crippen LogP contribution in [0.4, 0.5) is 22.0 Å². The van der Waals surface area contributed by atoms with Crippen molar-refractivity contribution in [3.8, 4) is 11.5 Å². The second-order valence-electron chi connectivity index (χ2n) is 13.9. The number of piperazine rings is 1. The number of hydrogen-bond donors (Lipinski definition) is 1. The van der Waals surface area contributed by atoms with Crippen LogP contribution in [0, 0.1) is 0 Å². The van der Waals surface area contributed by atoms with E-state index in [-0.39, 0.29) is 30.8 Å². The summed E-state index contributed by atoms with van der Waals surface area (Å²) in [5.74, 6) is 2.64. The van der Waals surface area contributed by atoms with E-state index in [2.05, 4.69) is 46.3 Å². The van der Waals surface area contributed by atoms with Crippen LogP contribution in [0.15, 0.2) is 72.9 Å². The molecule has 54 heavy (non-hydrogen) atoms. The fourth-order valence-corrected chi connectivity index (χ4v) is 6.76. The van der Waals surface area contributed by atoms with Gasteiger partial charge in [0.2, 0.25) is 5.91 Å². The molecule has 12 nitrogen and oxygen atoms in total. The molecule has 2 aliphatic heterocycles. The van der Waals surface area contributed by atoms with Crippen LogP contribution >= 0.6 is 0 Å². The first-order chi connectivity index (χ1) is 26.3. The third-order valence-electron chi connectivity index (χ3n) is 10.0. The van der Waals surface area contributed by atoms with E-state index in [1.54, 1.807) is 30.1 Å². The Labute approximate surface area is 318 Å². The number of amides is 3. The molecule has 0 spiro atoms. The Morgan fingerprint density at radius 3 is 2.15 bits per heavy atom. The Kier molecular flexibility index (Phi) is 12.8. The number of anilines is 3. The van der Waals surface area contributed by atoms with Gasteiger partial charge < -0.3 is 19.7 Å². The molecule has 1 N–H and O–H groups in total. The molecule has 0 radical (unpaired) electrons. The van der Waals surface area contributed by atoms with Gasteiger partial charge in [0.15, 0.2) is 0 Å². The Balaban J connectivity index is 1.18. The second-order valence-corrected chi connectivity index (χ2v) is 13.9. The summed E-state index contributed by atoms with van der Waals surface area (Å²) >= 11 is 0. The van der Waals surface area contributed by atoms with E-state index in [0.717, 1.165) is 73.5 Å². The van der Waals surface area contributed by atoms with E-state index in [1.807, 2.05) is 49.5 Å². The van der Waals surface area contributed by atoms with Gasteiger partial charge in [0.05, 0.1) is 39.5 Å². The second kappa shape index (κ2) is 18.0. The van der Waals surface area contributed by atoms with Gasteiger partial charge in [-0.1, -0.05) is 56.7 Å². The molecule has 0 unspecified atom stereocenters. The summed E-state index contributed by atoms with van der Waals surface area (Å²) in [7, 11) is 3.16. The lowest BCUT2D eigenvalue weighted by Gasteiger charge is -2.36. The monoisotopic (exact) mass is 733 g/mol. The molecule has 0 atom stereocenters. The average molecular weight is 734 g/mol. The minimum atomic E-state index is -0.228. The standard InChI is InChI=1S/C42H51N7O5/c1-5-7-16-43-40(51)29-46-17-19-47(20-18-46)34-14-12-31(13-15-34)22-39-44-26-33-28-48(35-23-37(53-3)25-38(24-35)54-4)42(52)49(41(33)45-39)27-32-10-8-30(9-11-32)21-36(50)6-2/h8-15,23-26H,5-7,16-22,27-29H2,1-4H3,(H,43,51). The Morgan fingerprint density at radius 2 is 1.50 bits per heavy atom. The molecule has 6 rings (SSSR count). The van der Waals surface area contributed by atoms with Crippen LogP contribution < -0.4 is 29.5 Å². The van der Waals surface area contributed by atoms with Gasteiger partial charge >= 0.3 is 6.03 Å². The molecule has 3 amide bonds. The van der Waals surface area contributed by atoms with E-state index >= 15 is 0 Å². The minimum Gasteiger partial charge on any atom is -0.497 e. The number of aromatic nitrogens is 2. The normalized spacial score (nSPS) is 14.5. The van der Waals surface area contributed by atoms with E-state index < -0.39 is 0 Å². The number of carbonyl (C=O) groups is 3. The lowest BCUT2D eigenvalue weighted by molar-refractivity contribution is -0.122. The van der Waals surface area contributed by atoms with Gasteiger partial charge in [0, 0.05) is 87.6 Å². The summed E-state index contributed by atoms with van der Waals surface area (Å²) in [5.41, 5.74) is 5.53. The van der Waals surface area contributed by atoms with Crippen molar-refractivity contribution in [3.05, 3.63) is 101 Å². The number of fused-ring (bicyclic) bond motifs is 1. The molecular formula is C42H51N7O5. The van der Waals surface area contributed by atoms with Crippen LogP contribution in [0.25, 0.3) is 0 Å². The molecule has 3 aromatic carbocycles. The smallest absolute Gasteiger partial charge is 0.330 e. The number of hydrogen-bond acceptors (Lipinski definition) is 9. The van der Waals surface area contributed by atoms with E-state index in [0.29, 0.717) is 54.6 Å². The quantitative estimate of drug-likeness (QED) is 0.143. The van der Waals surface area contributed by atoms with Crippen molar-refractivity contribution >= 4 is 34.9 Å². The molecule has 3 heterocycles. The number of carbonyl (C=O) groups excluding carboxylic acids is 3. The lowest BCUT2D eigenvalue weighted by atomic mass is 10.0. The predicted molar refractivity (Wildman–Crippen MR) is 211 cm³/mol. The summed E-state index contributed by atoms with van der Waals surface area (Å²) in [4.78, 5) is 56.4. The Morgan fingerprint density at radius 1 is 0.833 bits per heavy atom. The van der Waals surface area contributed by atoms with Gasteiger partial charge in [0.25, 0.3) is 0 Å². The van der Waals surface area contributed by atoms with Crippen LogP contribution in [0.2, 0.25) is 0 Å². The number of nitrogens with one attached hydrogen (secondary N) is 1. The van der Waals surface area contributed by atoms with Crippen molar-refractivity contribution in [3.63, 3.8) is 0 Å². The Hall–Kier alpha value is -5.49. The zero-order valence-electron chi connectivity index (χ0n) is 31.8. The van der Waals surface area contributed by atoms with Crippen LogP contribution in [0.5, 0.6) is 11.5 Å². The third kappa shape index (κ3) is 9.54. The Bertz CT molecular complexity index is 1890. The molecule has 0 bridgehead atoms. The van der Waals surface area contributed by atoms with Crippen molar-refractivity contribution in [1.82, 2.24) is 20.2 Å². The molecule has 1 aromatic heterocycles. The number of ketones is 1. The van der Waals surface area contributed by atoms with Crippen LogP contribution in [0.1, 0.15) is 61.2 Å². The average Bonchev–Trinajstić information content (AvgIpc) is 3.20. The summed E-state index contributed by atoms with van der Waals surface area (Å²) in [5, 5.41) is 3.01. The van der Waals surface area contributed by atoms with Crippen molar-refractivity contribution in [2.75, 3.05) is 68.2 Å². The van der Waals surface area contributed by atoms with Gasteiger partial charge in [-0.3, -0.25) is 24.3 Å². The van der Waals surface area contributed by atoms with Crippen molar-refractivity contribution in [2.24, 2.45) is 0 Å². The molecule has 2 aliphatic rings. The van der Waals surface area contributed by atoms with E-state index in [4.69, 9.17) is 19.4 Å². The number of Topliss-reactive ketones (excluding diaryl/α,β-unsaturated/α-hetero) is 1. The van der Waals surface area contributed by atoms with Crippen LogP contribution in [-0.4, -0.2) is 86.1 Å². The highest BCUT2D eigenvalue weighted by Crippen LogP contribution is 2.35. The molecule has 0 saturated carbocycles. The fraction of sp³-hybridized carbons (Fsp3) is 0.405. The number of rotatable bonds is 16. The molecule has 284 valence electrons. The number of methoxy groups -OCH3 is 2. The van der Waals surface area contributed by atoms with E-state index in [9.17, 15) is 14.4 Å². The molecule has 1 fully saturated rings. The van der Waals surface area contributed by atoms with Crippen LogP contribution in [-0.2, 0) is 35.5 Å². The van der Waals surface area contributed by atoms with Gasteiger partial charge in [-0.2, -0.15) is 0 Å². The van der Waals surface area contributed by atoms with Gasteiger partial charge in [-0.25, -0.2) is 14.8 Å². The molecular weight excluding hydrogens is 683 g/mol. The number of ether oxygens (including phenoxy) is 2. The van der Waals surface area contributed by atoms with Crippen molar-refractivity contribution < 1.29 is 23.9 Å². The summed E-state index contributed by atoms with van der Waals surface area (Å²) in [6.45, 7) is 9.14. The SMILES string of the molecule is CCCCNC(=O)CN1CCN(c2ccc(Cc3ncc4c(n3)N(Cc3ccc(CC(=O)CC)cc3)C(=O)N(c3cc(OC)cc(OC)c3)C4)cc2)CC1. The maximum absolute atomic E-state index is 14.4. The van der Waals surface area contributed by atoms with Crippen LogP contribution in [0.3, 0.4) is 0 Å². The van der Waals surface area contributed by atoms with Gasteiger partial charge in [0.1, 0.15) is 28.9 Å². The zero-order chi connectivity index (χ0) is 38.0. The van der Waals surface area contributed by atoms with Crippen molar-refractivity contribution in [1.29, 1.82) is 0 Å². The molecule has 12 heteroatoms. The highest BCUT2D eigenvalue weighted by Gasteiger charge is 2.34. The first-order valence-corrected chi connectivity index (χ1v) is 18.9. The molecule has 4 aromatic rings. The summed E-state index contributed by atoms with van der Waals surface area (Å²) < 4.78 is 11.0. The van der Waals surface area contributed by atoms with Gasteiger partial charge in [-0.15, -0.1) is 0 Å². The maximum Gasteiger partial charge on any atom is 0.330 e. The first-order valence-electron chi connectivity index (χ1n) is 18.9. The molecule has 0 aliphatic carbocycles. The third-order valence-corrected chi connectivity index (χ3v) is 10.0. The maximum atomic E-state index is 14.4. The number of unbranched alkanes of at least 4 members (excludes halogenated alkanes) is 1. The summed E-state index contributed by atoms with van der Waals surface area (Å²) in [6, 6.07) is 21.5. The zero-order valence-corrected chi connectivity index (χ0v) is 31.8. The summed E-state index contributed by atoms with van der Waals surface area (Å²) in [6.07, 6.45) is 5.29. The topological polar surface area (TPSA) is 120 Å². The van der Waals surface area contributed by atoms with E-state index in [1.165, 1.54) is 0 Å². The van der Waals surface area contributed by atoms with Crippen molar-refractivity contribution in [2.45, 2.75) is 59.0 Å². The lowest BCUT2D eigenvalue weighted by Crippen LogP contribution is -2.49. The highest BCUT2D eigenvalue weighted by atomic mass is 16.5. The van der Waals surface area contributed by atoms with Gasteiger partial charge in [-0.05, 0) is 35.2 Å². The highest BCUT2D eigenvalue weighted by molar-refractivity contribution is 6.05. The predicted octanol–water partition coefficient (Wildman–Crippen LogP) is 5.79. The first kappa shape index (κ1) is 38.2.